The summed E-state index contributed by atoms with van der Waals surface area (Å²) in [7, 11) is 0. The van der Waals surface area contributed by atoms with Gasteiger partial charge < -0.3 is 5.32 Å². The molecular formula is C16H14N6. The van der Waals surface area contributed by atoms with E-state index in [2.05, 4.69) is 20.4 Å². The summed E-state index contributed by atoms with van der Waals surface area (Å²) in [6.45, 7) is 0.614. The summed E-state index contributed by atoms with van der Waals surface area (Å²) in [6.07, 6.45) is 3.19. The quantitative estimate of drug-likeness (QED) is 0.780. The Morgan fingerprint density at radius 2 is 2.00 bits per heavy atom. The predicted molar refractivity (Wildman–Crippen MR) is 81.8 cm³/mol. The summed E-state index contributed by atoms with van der Waals surface area (Å²) in [6, 6.07) is 17.4. The van der Waals surface area contributed by atoms with Crippen molar-refractivity contribution in [3.8, 4) is 6.07 Å². The molecule has 0 amide bonds. The molecule has 2 aromatic heterocycles. The Morgan fingerprint density at radius 1 is 1.14 bits per heavy atom. The zero-order chi connectivity index (χ0) is 15.2. The molecule has 0 fully saturated rings. The number of nitriles is 1. The van der Waals surface area contributed by atoms with Gasteiger partial charge in [0.05, 0.1) is 12.6 Å². The van der Waals surface area contributed by atoms with Gasteiger partial charge in [0.2, 0.25) is 0 Å². The third-order valence-electron chi connectivity index (χ3n) is 3.22. The van der Waals surface area contributed by atoms with Crippen molar-refractivity contribution in [2.24, 2.45) is 0 Å². The number of anilines is 1. The minimum absolute atomic E-state index is 0.0238. The lowest BCUT2D eigenvalue weighted by Crippen LogP contribution is -2.18. The monoisotopic (exact) mass is 290 g/mol. The van der Waals surface area contributed by atoms with Gasteiger partial charge in [-0.05, 0) is 17.7 Å². The van der Waals surface area contributed by atoms with Crippen molar-refractivity contribution in [1.29, 1.82) is 5.26 Å². The predicted octanol–water partition coefficient (Wildman–Crippen LogP) is 2.40. The maximum atomic E-state index is 8.96. The van der Waals surface area contributed by atoms with Crippen molar-refractivity contribution in [2.45, 2.75) is 12.6 Å². The van der Waals surface area contributed by atoms with Crippen LogP contribution in [0.25, 0.3) is 0 Å². The fraction of sp³-hybridized carbons (Fsp3) is 0.125. The molecule has 108 valence electrons. The SMILES string of the molecule is N#Cc1cccc(NC(Cn2cncn2)c2ccccc2)n1. The molecule has 1 N–H and O–H groups in total. The number of hydrogen-bond acceptors (Lipinski definition) is 5. The Hall–Kier alpha value is -3.20. The molecule has 1 atom stereocenters. The molecule has 0 aliphatic heterocycles. The highest BCUT2D eigenvalue weighted by molar-refractivity contribution is 5.41. The Bertz CT molecular complexity index is 761. The van der Waals surface area contributed by atoms with E-state index in [4.69, 9.17) is 5.26 Å². The molecular weight excluding hydrogens is 276 g/mol. The largest absolute Gasteiger partial charge is 0.361 e. The van der Waals surface area contributed by atoms with E-state index in [1.54, 1.807) is 17.1 Å². The van der Waals surface area contributed by atoms with E-state index in [1.807, 2.05) is 48.5 Å². The maximum absolute atomic E-state index is 8.96. The van der Waals surface area contributed by atoms with E-state index >= 15 is 0 Å². The molecule has 0 saturated carbocycles. The first-order valence-electron chi connectivity index (χ1n) is 6.86. The molecule has 22 heavy (non-hydrogen) atoms. The minimum atomic E-state index is -0.0238. The lowest BCUT2D eigenvalue weighted by atomic mass is 10.1. The first-order valence-corrected chi connectivity index (χ1v) is 6.86. The lowest BCUT2D eigenvalue weighted by Gasteiger charge is -2.19. The molecule has 0 bridgehead atoms. The van der Waals surface area contributed by atoms with Gasteiger partial charge in [-0.25, -0.2) is 9.97 Å². The second-order valence-corrected chi connectivity index (χ2v) is 4.74. The first kappa shape index (κ1) is 13.8. The Morgan fingerprint density at radius 3 is 2.73 bits per heavy atom. The standard InChI is InChI=1S/C16H14N6/c17-9-14-7-4-8-16(20-14)21-15(10-22-12-18-11-19-22)13-5-2-1-3-6-13/h1-8,11-12,15H,10H2,(H,20,21). The molecule has 1 unspecified atom stereocenters. The normalized spacial score (nSPS) is 11.6. The Labute approximate surface area is 128 Å². The van der Waals surface area contributed by atoms with Gasteiger partial charge >= 0.3 is 0 Å². The molecule has 6 nitrogen and oxygen atoms in total. The average Bonchev–Trinajstić information content (AvgIpc) is 3.08. The van der Waals surface area contributed by atoms with Gasteiger partial charge in [-0.2, -0.15) is 10.4 Å². The van der Waals surface area contributed by atoms with Crippen LogP contribution >= 0.6 is 0 Å². The van der Waals surface area contributed by atoms with Crippen LogP contribution in [0.15, 0.2) is 61.2 Å². The molecule has 0 saturated heterocycles. The number of pyridine rings is 1. The van der Waals surface area contributed by atoms with Gasteiger partial charge in [-0.15, -0.1) is 0 Å². The zero-order valence-corrected chi connectivity index (χ0v) is 11.8. The Kier molecular flexibility index (Phi) is 4.07. The van der Waals surface area contributed by atoms with E-state index in [0.29, 0.717) is 18.1 Å². The van der Waals surface area contributed by atoms with Crippen LogP contribution in [0, 0.1) is 11.3 Å². The Balaban J connectivity index is 1.86. The minimum Gasteiger partial charge on any atom is -0.361 e. The summed E-state index contributed by atoms with van der Waals surface area (Å²) in [4.78, 5) is 8.24. The third kappa shape index (κ3) is 3.27. The highest BCUT2D eigenvalue weighted by atomic mass is 15.3. The van der Waals surface area contributed by atoms with Gasteiger partial charge in [0, 0.05) is 0 Å². The van der Waals surface area contributed by atoms with E-state index in [1.165, 1.54) is 6.33 Å². The van der Waals surface area contributed by atoms with Crippen molar-refractivity contribution >= 4 is 5.82 Å². The number of rotatable bonds is 5. The van der Waals surface area contributed by atoms with Crippen LogP contribution in [-0.4, -0.2) is 19.7 Å². The summed E-state index contributed by atoms with van der Waals surface area (Å²) >= 11 is 0. The van der Waals surface area contributed by atoms with Crippen LogP contribution in [0.1, 0.15) is 17.3 Å². The topological polar surface area (TPSA) is 79.4 Å². The van der Waals surface area contributed by atoms with Gasteiger partial charge in [0.25, 0.3) is 0 Å². The fourth-order valence-electron chi connectivity index (χ4n) is 2.19. The number of benzene rings is 1. The lowest BCUT2D eigenvalue weighted by molar-refractivity contribution is 0.549. The second-order valence-electron chi connectivity index (χ2n) is 4.74. The first-order chi connectivity index (χ1) is 10.8. The van der Waals surface area contributed by atoms with Gasteiger partial charge in [-0.1, -0.05) is 36.4 Å². The van der Waals surface area contributed by atoms with Crippen LogP contribution < -0.4 is 5.32 Å². The highest BCUT2D eigenvalue weighted by Crippen LogP contribution is 2.20. The van der Waals surface area contributed by atoms with Crippen LogP contribution in [0.3, 0.4) is 0 Å². The molecule has 2 heterocycles. The van der Waals surface area contributed by atoms with Crippen molar-refractivity contribution in [2.75, 3.05) is 5.32 Å². The molecule has 0 spiro atoms. The van der Waals surface area contributed by atoms with Crippen LogP contribution in [0.5, 0.6) is 0 Å². The number of nitrogens with one attached hydrogen (secondary N) is 1. The van der Waals surface area contributed by atoms with Gasteiger partial charge in [-0.3, -0.25) is 4.68 Å². The average molecular weight is 290 g/mol. The fourth-order valence-corrected chi connectivity index (χ4v) is 2.19. The summed E-state index contributed by atoms with van der Waals surface area (Å²) in [5.41, 5.74) is 1.50. The van der Waals surface area contributed by atoms with Crippen molar-refractivity contribution in [1.82, 2.24) is 19.7 Å². The van der Waals surface area contributed by atoms with E-state index in [-0.39, 0.29) is 6.04 Å². The summed E-state index contributed by atoms with van der Waals surface area (Å²) < 4.78 is 1.76. The maximum Gasteiger partial charge on any atom is 0.142 e. The second kappa shape index (κ2) is 6.50. The zero-order valence-electron chi connectivity index (χ0n) is 11.8. The number of nitrogens with zero attached hydrogens (tertiary/aromatic N) is 5. The molecule has 0 aliphatic rings. The van der Waals surface area contributed by atoms with Crippen LogP contribution in [0.4, 0.5) is 5.82 Å². The van der Waals surface area contributed by atoms with E-state index in [9.17, 15) is 0 Å². The van der Waals surface area contributed by atoms with Crippen LogP contribution in [0.2, 0.25) is 0 Å². The van der Waals surface area contributed by atoms with Crippen molar-refractivity contribution < 1.29 is 0 Å². The number of hydrogen-bond donors (Lipinski definition) is 1. The smallest absolute Gasteiger partial charge is 0.142 e. The molecule has 1 aromatic carbocycles. The molecule has 0 radical (unpaired) electrons. The van der Waals surface area contributed by atoms with E-state index < -0.39 is 0 Å². The van der Waals surface area contributed by atoms with Gasteiger partial charge in [0.1, 0.15) is 30.2 Å². The van der Waals surface area contributed by atoms with Crippen molar-refractivity contribution in [3.05, 3.63) is 72.4 Å². The van der Waals surface area contributed by atoms with Crippen LogP contribution in [-0.2, 0) is 6.54 Å². The molecule has 6 heteroatoms. The molecule has 3 aromatic rings. The highest BCUT2D eigenvalue weighted by Gasteiger charge is 2.13. The third-order valence-corrected chi connectivity index (χ3v) is 3.22. The summed E-state index contributed by atoms with van der Waals surface area (Å²) in [5.74, 6) is 0.660. The number of aromatic nitrogens is 4. The van der Waals surface area contributed by atoms with Gasteiger partial charge in [0.15, 0.2) is 0 Å². The summed E-state index contributed by atoms with van der Waals surface area (Å²) in [5, 5.41) is 16.5. The van der Waals surface area contributed by atoms with Crippen molar-refractivity contribution in [3.63, 3.8) is 0 Å². The van der Waals surface area contributed by atoms with E-state index in [0.717, 1.165) is 5.56 Å². The molecule has 0 aliphatic carbocycles. The molecule has 3 rings (SSSR count).